The van der Waals surface area contributed by atoms with Crippen LogP contribution in [0.2, 0.25) is 0 Å². The minimum absolute atomic E-state index is 0.200. The summed E-state index contributed by atoms with van der Waals surface area (Å²) in [6, 6.07) is 44.0. The Morgan fingerprint density at radius 3 is 2.07 bits per heavy atom. The molecule has 0 saturated heterocycles. The zero-order valence-corrected chi connectivity index (χ0v) is 25.2. The molecule has 45 heavy (non-hydrogen) atoms. The topological polar surface area (TPSA) is 66.3 Å². The van der Waals surface area contributed by atoms with Crippen LogP contribution in [-0.2, 0) is 0 Å². The van der Waals surface area contributed by atoms with Gasteiger partial charge < -0.3 is 14.3 Å². The molecule has 5 nitrogen and oxygen atoms in total. The van der Waals surface area contributed by atoms with Gasteiger partial charge in [-0.05, 0) is 48.5 Å². The summed E-state index contributed by atoms with van der Waals surface area (Å²) in [5, 5.41) is 19.3. The highest BCUT2D eigenvalue weighted by Gasteiger charge is 2.20. The first-order valence-corrected chi connectivity index (χ1v) is 15.7. The molecular weight excluding hydrogens is 573 g/mol. The van der Waals surface area contributed by atoms with Gasteiger partial charge in [-0.3, -0.25) is 5.41 Å². The number of amidine groups is 2. The van der Waals surface area contributed by atoms with E-state index < -0.39 is 0 Å². The van der Waals surface area contributed by atoms with Gasteiger partial charge >= 0.3 is 0 Å². The molecule has 0 saturated carbocycles. The van der Waals surface area contributed by atoms with E-state index in [1.165, 1.54) is 15.5 Å². The lowest BCUT2D eigenvalue weighted by Crippen LogP contribution is -2.21. The highest BCUT2D eigenvalue weighted by Crippen LogP contribution is 2.42. The first kappa shape index (κ1) is 25.7. The second-order valence-corrected chi connectivity index (χ2v) is 12.3. The minimum atomic E-state index is 0.200. The number of hydrogen-bond acceptors (Lipinski definition) is 3. The van der Waals surface area contributed by atoms with Gasteiger partial charge in [0, 0.05) is 59.9 Å². The van der Waals surface area contributed by atoms with Crippen LogP contribution in [0.3, 0.4) is 0 Å². The number of rotatable bonds is 3. The number of nitrogens with zero attached hydrogens (tertiary/aromatic N) is 2. The lowest BCUT2D eigenvalue weighted by molar-refractivity contribution is 0.669. The zero-order chi connectivity index (χ0) is 30.1. The number of aromatic nitrogens is 1. The summed E-state index contributed by atoms with van der Waals surface area (Å²) in [5.74, 6) is 0.813. The van der Waals surface area contributed by atoms with Gasteiger partial charge in [-0.25, -0.2) is 4.99 Å². The predicted octanol–water partition coefficient (Wildman–Crippen LogP) is 10.0. The first-order chi connectivity index (χ1) is 22.2. The van der Waals surface area contributed by atoms with Crippen molar-refractivity contribution in [3.8, 4) is 5.69 Å². The third-order valence-electron chi connectivity index (χ3n) is 8.69. The van der Waals surface area contributed by atoms with Crippen LogP contribution in [-0.4, -0.2) is 23.3 Å². The Balaban J connectivity index is 1.24. The average Bonchev–Trinajstić information content (AvgIpc) is 3.76. The van der Waals surface area contributed by atoms with E-state index in [4.69, 9.17) is 9.41 Å². The second-order valence-electron chi connectivity index (χ2n) is 11.2. The maximum Gasteiger partial charge on any atom is 0.154 e. The number of fused-ring (bicyclic) bond motifs is 9. The summed E-state index contributed by atoms with van der Waals surface area (Å²) in [5.41, 5.74) is 6.74. The Kier molecular flexibility index (Phi) is 5.67. The van der Waals surface area contributed by atoms with Crippen LogP contribution in [0.1, 0.15) is 11.1 Å². The summed E-state index contributed by atoms with van der Waals surface area (Å²) in [6.07, 6.45) is 0. The van der Waals surface area contributed by atoms with Crippen molar-refractivity contribution in [2.24, 2.45) is 4.99 Å². The smallest absolute Gasteiger partial charge is 0.154 e. The van der Waals surface area contributed by atoms with Crippen LogP contribution >= 0.6 is 11.3 Å². The molecule has 0 spiro atoms. The Labute approximate surface area is 262 Å². The Morgan fingerprint density at radius 2 is 1.31 bits per heavy atom. The number of thiophene rings is 1. The quantitative estimate of drug-likeness (QED) is 0.157. The molecule has 214 valence electrons. The van der Waals surface area contributed by atoms with Crippen LogP contribution in [0.25, 0.3) is 69.6 Å². The van der Waals surface area contributed by atoms with Crippen LogP contribution in [0.15, 0.2) is 137 Å². The first-order valence-electron chi connectivity index (χ1n) is 14.9. The molecule has 9 rings (SSSR count). The van der Waals surface area contributed by atoms with Crippen LogP contribution < -0.4 is 5.32 Å². The molecule has 0 amide bonds. The summed E-state index contributed by atoms with van der Waals surface area (Å²) in [6.45, 7) is 0. The van der Waals surface area contributed by atoms with Crippen molar-refractivity contribution < 1.29 is 4.42 Å². The monoisotopic (exact) mass is 598 g/mol. The van der Waals surface area contributed by atoms with Crippen molar-refractivity contribution >= 4 is 86.9 Å². The van der Waals surface area contributed by atoms with Gasteiger partial charge in [-0.15, -0.1) is 11.3 Å². The van der Waals surface area contributed by atoms with Crippen LogP contribution in [0.5, 0.6) is 0 Å². The summed E-state index contributed by atoms with van der Waals surface area (Å²) in [7, 11) is 1.84. The molecule has 0 unspecified atom stereocenters. The Bertz CT molecular complexity index is 2620. The maximum atomic E-state index is 9.31. The molecule has 0 aliphatic heterocycles. The molecule has 0 aliphatic carbocycles. The van der Waals surface area contributed by atoms with Gasteiger partial charge in [0.2, 0.25) is 0 Å². The van der Waals surface area contributed by atoms with E-state index >= 15 is 0 Å². The number of benzene rings is 6. The number of furan rings is 1. The molecule has 3 heterocycles. The molecule has 0 aliphatic rings. The molecule has 0 bridgehead atoms. The molecule has 6 aromatic carbocycles. The van der Waals surface area contributed by atoms with Gasteiger partial charge in [0.15, 0.2) is 5.84 Å². The van der Waals surface area contributed by atoms with E-state index in [1.54, 1.807) is 11.3 Å². The van der Waals surface area contributed by atoms with Crippen molar-refractivity contribution in [3.05, 3.63) is 139 Å². The van der Waals surface area contributed by atoms with E-state index in [0.717, 1.165) is 65.3 Å². The second kappa shape index (κ2) is 9.91. The number of para-hydroxylation sites is 3. The number of aliphatic imine (C=N–C) groups is 1. The lowest BCUT2D eigenvalue weighted by atomic mass is 10.0. The maximum absolute atomic E-state index is 9.31. The fraction of sp³-hybridized carbons (Fsp3) is 0.0256. The average molecular weight is 599 g/mol. The Hall–Kier alpha value is -5.72. The molecule has 6 heteroatoms. The molecule has 0 radical (unpaired) electrons. The summed E-state index contributed by atoms with van der Waals surface area (Å²) >= 11 is 1.75. The highest BCUT2D eigenvalue weighted by atomic mass is 32.1. The largest absolute Gasteiger partial charge is 0.456 e. The molecule has 0 fully saturated rings. The lowest BCUT2D eigenvalue weighted by Gasteiger charge is -2.12. The van der Waals surface area contributed by atoms with Crippen molar-refractivity contribution in [1.82, 2.24) is 9.88 Å². The van der Waals surface area contributed by atoms with Crippen molar-refractivity contribution in [2.45, 2.75) is 0 Å². The van der Waals surface area contributed by atoms with Crippen molar-refractivity contribution in [3.63, 3.8) is 0 Å². The van der Waals surface area contributed by atoms with Gasteiger partial charge in [-0.2, -0.15) is 0 Å². The number of nitrogens with one attached hydrogen (secondary N) is 2. The summed E-state index contributed by atoms with van der Waals surface area (Å²) in [4.78, 5) is 4.87. The van der Waals surface area contributed by atoms with E-state index in [9.17, 15) is 5.41 Å². The highest BCUT2D eigenvalue weighted by molar-refractivity contribution is 7.26. The van der Waals surface area contributed by atoms with Gasteiger partial charge in [-0.1, -0.05) is 78.9 Å². The third kappa shape index (κ3) is 3.86. The van der Waals surface area contributed by atoms with Crippen LogP contribution in [0, 0.1) is 5.41 Å². The van der Waals surface area contributed by atoms with Crippen LogP contribution in [0.4, 0.5) is 0 Å². The van der Waals surface area contributed by atoms with Gasteiger partial charge in [0.25, 0.3) is 0 Å². The van der Waals surface area contributed by atoms with E-state index in [-0.39, 0.29) is 5.84 Å². The van der Waals surface area contributed by atoms with Crippen molar-refractivity contribution in [2.75, 3.05) is 7.05 Å². The SMILES string of the molecule is CN/C(=N\C(=N)c1cccc2sc3cccc(-n4c5ccccc5c5ccccc54)c3c12)c1ccc2c(c1)oc1ccccc12. The third-order valence-corrected chi connectivity index (χ3v) is 9.81. The molecule has 2 N–H and O–H groups in total. The number of hydrogen-bond donors (Lipinski definition) is 2. The standard InChI is InChI=1S/C39H26N4OS/c1-41-39(23-20-21-27-26-12-4-7-17-32(26)44-33(27)22-23)42-38(40)28-13-8-18-34-36(28)37-31(16-9-19-35(37)45-34)43-29-14-5-2-10-24(29)25-11-3-6-15-30(25)43/h2-22H,1H3,(H2,40,41,42). The van der Waals surface area contributed by atoms with Gasteiger partial charge in [0.1, 0.15) is 17.0 Å². The predicted molar refractivity (Wildman–Crippen MR) is 190 cm³/mol. The zero-order valence-electron chi connectivity index (χ0n) is 24.3. The van der Waals surface area contributed by atoms with Gasteiger partial charge in [0.05, 0.1) is 16.7 Å². The Morgan fingerprint density at radius 1 is 0.667 bits per heavy atom. The fourth-order valence-electron chi connectivity index (χ4n) is 6.72. The minimum Gasteiger partial charge on any atom is -0.456 e. The van der Waals surface area contributed by atoms with E-state index in [0.29, 0.717) is 5.84 Å². The molecule has 0 atom stereocenters. The summed E-state index contributed by atoms with van der Waals surface area (Å²) < 4.78 is 10.8. The normalized spacial score (nSPS) is 12.3. The molecule has 3 aromatic heterocycles. The fourth-order valence-corrected chi connectivity index (χ4v) is 7.88. The van der Waals surface area contributed by atoms with Crippen molar-refractivity contribution in [1.29, 1.82) is 5.41 Å². The van der Waals surface area contributed by atoms with E-state index in [1.807, 2.05) is 49.5 Å². The molecular formula is C39H26N4OS. The molecule has 9 aromatic rings. The van der Waals surface area contributed by atoms with E-state index in [2.05, 4.69) is 94.8 Å².